The Morgan fingerprint density at radius 1 is 1.43 bits per heavy atom. The number of fused-ring (bicyclic) bond motifs is 1. The molecule has 0 unspecified atom stereocenters. The Balaban J connectivity index is 2.36. The number of esters is 1. The van der Waals surface area contributed by atoms with Gasteiger partial charge in [-0.05, 0) is 26.8 Å². The Kier molecular flexibility index (Phi) is 4.68. The number of hydrogen-bond acceptors (Lipinski definition) is 6. The molecule has 0 saturated heterocycles. The molecule has 122 valence electrons. The van der Waals surface area contributed by atoms with Crippen LogP contribution in [0.5, 0.6) is 0 Å². The van der Waals surface area contributed by atoms with Crippen molar-refractivity contribution < 1.29 is 19.1 Å². The van der Waals surface area contributed by atoms with E-state index in [-0.39, 0.29) is 24.9 Å². The summed E-state index contributed by atoms with van der Waals surface area (Å²) in [5.41, 5.74) is 6.53. The number of aromatic nitrogens is 2. The number of carbonyl (C=O) groups excluding carboxylic acids is 2. The Morgan fingerprint density at radius 3 is 2.83 bits per heavy atom. The van der Waals surface area contributed by atoms with Crippen LogP contribution in [-0.2, 0) is 25.6 Å². The molecule has 0 bridgehead atoms. The standard InChI is InChI=1S/C16H19N3O4/c1-16(2,3)23-15(21)9-19-8-11(6-14(17)22-10-20)12-7-18-5-4-13(12)19/h4-8,10H,9,17H2,1-3H3/b14-6-. The van der Waals surface area contributed by atoms with E-state index in [0.717, 1.165) is 10.9 Å². The van der Waals surface area contributed by atoms with Crippen molar-refractivity contribution in [1.82, 2.24) is 9.55 Å². The molecule has 2 aromatic rings. The topological polar surface area (TPSA) is 96.4 Å². The Morgan fingerprint density at radius 2 is 2.17 bits per heavy atom. The van der Waals surface area contributed by atoms with Crippen LogP contribution in [-0.4, -0.2) is 27.6 Å². The summed E-state index contributed by atoms with van der Waals surface area (Å²) in [4.78, 5) is 26.4. The second kappa shape index (κ2) is 6.51. The molecule has 0 atom stereocenters. The predicted molar refractivity (Wildman–Crippen MR) is 84.9 cm³/mol. The van der Waals surface area contributed by atoms with Gasteiger partial charge in [0.15, 0.2) is 5.88 Å². The molecule has 7 heteroatoms. The van der Waals surface area contributed by atoms with E-state index >= 15 is 0 Å². The average Bonchev–Trinajstić information content (AvgIpc) is 2.75. The highest BCUT2D eigenvalue weighted by Crippen LogP contribution is 2.22. The van der Waals surface area contributed by atoms with Crippen molar-refractivity contribution in [2.45, 2.75) is 32.9 Å². The molecule has 0 fully saturated rings. The zero-order chi connectivity index (χ0) is 17.0. The molecule has 23 heavy (non-hydrogen) atoms. The summed E-state index contributed by atoms with van der Waals surface area (Å²) in [5, 5.41) is 0.786. The summed E-state index contributed by atoms with van der Waals surface area (Å²) in [6, 6.07) is 1.79. The van der Waals surface area contributed by atoms with Gasteiger partial charge in [0.2, 0.25) is 0 Å². The van der Waals surface area contributed by atoms with E-state index in [2.05, 4.69) is 9.72 Å². The van der Waals surface area contributed by atoms with Crippen molar-refractivity contribution in [3.8, 4) is 0 Å². The molecule has 0 aliphatic heterocycles. The zero-order valence-corrected chi connectivity index (χ0v) is 13.3. The lowest BCUT2D eigenvalue weighted by Crippen LogP contribution is -2.26. The van der Waals surface area contributed by atoms with Crippen LogP contribution in [0.1, 0.15) is 26.3 Å². The number of carbonyl (C=O) groups is 2. The van der Waals surface area contributed by atoms with Gasteiger partial charge in [-0.1, -0.05) is 0 Å². The van der Waals surface area contributed by atoms with E-state index in [9.17, 15) is 9.59 Å². The molecule has 0 aliphatic rings. The summed E-state index contributed by atoms with van der Waals surface area (Å²) < 4.78 is 11.7. The van der Waals surface area contributed by atoms with Crippen LogP contribution in [0, 0.1) is 0 Å². The fraction of sp³-hybridized carbons (Fsp3) is 0.312. The monoisotopic (exact) mass is 317 g/mol. The first-order valence-electron chi connectivity index (χ1n) is 7.02. The average molecular weight is 317 g/mol. The van der Waals surface area contributed by atoms with Gasteiger partial charge in [0.25, 0.3) is 6.47 Å². The SMILES string of the molecule is CC(C)(C)OC(=O)Cn1cc(/C=C(/N)OC=O)c2cnccc21. The van der Waals surface area contributed by atoms with Gasteiger partial charge < -0.3 is 19.8 Å². The van der Waals surface area contributed by atoms with E-state index in [0.29, 0.717) is 5.56 Å². The summed E-state index contributed by atoms with van der Waals surface area (Å²) in [6.07, 6.45) is 6.52. The number of hydrogen-bond donors (Lipinski definition) is 1. The molecule has 2 rings (SSSR count). The summed E-state index contributed by atoms with van der Waals surface area (Å²) >= 11 is 0. The number of rotatable bonds is 5. The third-order valence-electron chi connectivity index (χ3n) is 2.91. The van der Waals surface area contributed by atoms with Crippen molar-refractivity contribution in [3.63, 3.8) is 0 Å². The molecule has 0 saturated carbocycles. The first-order valence-corrected chi connectivity index (χ1v) is 7.02. The second-order valence-electron chi connectivity index (χ2n) is 5.95. The third-order valence-corrected chi connectivity index (χ3v) is 2.91. The third kappa shape index (κ3) is 4.32. The van der Waals surface area contributed by atoms with Crippen LogP contribution in [0.2, 0.25) is 0 Å². The van der Waals surface area contributed by atoms with Gasteiger partial charge >= 0.3 is 5.97 Å². The van der Waals surface area contributed by atoms with Crippen LogP contribution < -0.4 is 5.73 Å². The van der Waals surface area contributed by atoms with Crippen molar-refractivity contribution in [3.05, 3.63) is 36.1 Å². The van der Waals surface area contributed by atoms with Gasteiger partial charge in [0.1, 0.15) is 12.1 Å². The minimum atomic E-state index is -0.549. The quantitative estimate of drug-likeness (QED) is 0.513. The first-order chi connectivity index (χ1) is 10.8. The lowest BCUT2D eigenvalue weighted by Gasteiger charge is -2.19. The summed E-state index contributed by atoms with van der Waals surface area (Å²) in [5.74, 6) is -0.390. The lowest BCUT2D eigenvalue weighted by atomic mass is 10.2. The Hall–Kier alpha value is -2.83. The maximum Gasteiger partial charge on any atom is 0.326 e. The van der Waals surface area contributed by atoms with E-state index in [4.69, 9.17) is 10.5 Å². The molecule has 0 aliphatic carbocycles. The zero-order valence-electron chi connectivity index (χ0n) is 13.3. The highest BCUT2D eigenvalue weighted by atomic mass is 16.6. The fourth-order valence-electron chi connectivity index (χ4n) is 2.17. The highest BCUT2D eigenvalue weighted by molar-refractivity contribution is 5.90. The number of ether oxygens (including phenoxy) is 2. The molecule has 0 amide bonds. The summed E-state index contributed by atoms with van der Waals surface area (Å²) in [7, 11) is 0. The molecular formula is C16H19N3O4. The van der Waals surface area contributed by atoms with Crippen molar-refractivity contribution in [2.24, 2.45) is 5.73 Å². The van der Waals surface area contributed by atoms with E-state index in [1.807, 2.05) is 20.8 Å². The van der Waals surface area contributed by atoms with Crippen LogP contribution in [0.4, 0.5) is 0 Å². The highest BCUT2D eigenvalue weighted by Gasteiger charge is 2.18. The largest absolute Gasteiger partial charge is 0.459 e. The maximum absolute atomic E-state index is 12.0. The number of pyridine rings is 1. The van der Waals surface area contributed by atoms with Crippen molar-refractivity contribution in [1.29, 1.82) is 0 Å². The van der Waals surface area contributed by atoms with Gasteiger partial charge in [-0.2, -0.15) is 0 Å². The number of nitrogens with two attached hydrogens (primary N) is 1. The molecule has 2 N–H and O–H groups in total. The van der Waals surface area contributed by atoms with Gasteiger partial charge in [0.05, 0.1) is 5.52 Å². The van der Waals surface area contributed by atoms with Crippen molar-refractivity contribution in [2.75, 3.05) is 0 Å². The molecule has 2 heterocycles. The molecule has 7 nitrogen and oxygen atoms in total. The minimum absolute atomic E-state index is 0.0415. The van der Waals surface area contributed by atoms with E-state index < -0.39 is 5.60 Å². The first kappa shape index (κ1) is 16.5. The second-order valence-corrected chi connectivity index (χ2v) is 5.95. The van der Waals surface area contributed by atoms with Crippen molar-refractivity contribution >= 4 is 29.4 Å². The smallest absolute Gasteiger partial charge is 0.326 e. The van der Waals surface area contributed by atoms with Crippen LogP contribution in [0.15, 0.2) is 30.5 Å². The fourth-order valence-corrected chi connectivity index (χ4v) is 2.17. The van der Waals surface area contributed by atoms with Crippen LogP contribution in [0.3, 0.4) is 0 Å². The normalized spacial score (nSPS) is 12.2. The van der Waals surface area contributed by atoms with E-state index in [1.165, 1.54) is 6.08 Å². The van der Waals surface area contributed by atoms with Gasteiger partial charge in [-0.3, -0.25) is 14.6 Å². The Labute approximate surface area is 133 Å². The Bertz CT molecular complexity index is 756. The predicted octanol–water partition coefficient (Wildman–Crippen LogP) is 1.81. The molecular weight excluding hydrogens is 298 g/mol. The van der Waals surface area contributed by atoms with Crippen LogP contribution >= 0.6 is 0 Å². The molecule has 0 radical (unpaired) electrons. The van der Waals surface area contributed by atoms with Gasteiger partial charge in [0, 0.05) is 35.6 Å². The number of nitrogens with zero attached hydrogens (tertiary/aromatic N) is 2. The van der Waals surface area contributed by atoms with E-state index in [1.54, 1.807) is 29.2 Å². The molecule has 0 spiro atoms. The van der Waals surface area contributed by atoms with Gasteiger partial charge in [-0.25, -0.2) is 0 Å². The summed E-state index contributed by atoms with van der Waals surface area (Å²) in [6.45, 7) is 5.75. The van der Waals surface area contributed by atoms with Crippen LogP contribution in [0.25, 0.3) is 17.0 Å². The molecule has 2 aromatic heterocycles. The molecule has 0 aromatic carbocycles. The maximum atomic E-state index is 12.0. The minimum Gasteiger partial charge on any atom is -0.459 e. The lowest BCUT2D eigenvalue weighted by molar-refractivity contribution is -0.155. The van der Waals surface area contributed by atoms with Gasteiger partial charge in [-0.15, -0.1) is 0 Å².